The molecule has 0 spiro atoms. The van der Waals surface area contributed by atoms with Crippen molar-refractivity contribution in [3.8, 4) is 0 Å². The van der Waals surface area contributed by atoms with Crippen molar-refractivity contribution in [2.24, 2.45) is 0 Å². The molecule has 4 aromatic rings. The molecule has 0 unspecified atom stereocenters. The fourth-order valence-electron chi connectivity index (χ4n) is 5.44. The van der Waals surface area contributed by atoms with Gasteiger partial charge in [-0.15, -0.1) is 0 Å². The Morgan fingerprint density at radius 3 is 2.30 bits per heavy atom. The van der Waals surface area contributed by atoms with E-state index in [-0.39, 0.29) is 17.6 Å². The molecule has 0 bridgehead atoms. The number of amides is 2. The molecule has 1 N–H and O–H groups in total. The van der Waals surface area contributed by atoms with Gasteiger partial charge in [-0.2, -0.15) is 0 Å². The molecule has 2 aliphatic heterocycles. The summed E-state index contributed by atoms with van der Waals surface area (Å²) in [6, 6.07) is 16.1. The Morgan fingerprint density at radius 1 is 0.909 bits per heavy atom. The summed E-state index contributed by atoms with van der Waals surface area (Å²) in [5, 5.41) is 2.65. The van der Waals surface area contributed by atoms with Crippen LogP contribution >= 0.6 is 0 Å². The highest BCUT2D eigenvalue weighted by atomic mass is 19.1. The highest BCUT2D eigenvalue weighted by Gasteiger charge is 2.33. The van der Waals surface area contributed by atoms with Gasteiger partial charge in [0.25, 0.3) is 11.8 Å². The van der Waals surface area contributed by atoms with Crippen molar-refractivity contribution in [2.45, 2.75) is 18.8 Å². The third-order valence-electron chi connectivity index (χ3n) is 7.20. The standard InChI is InChI=1S/C27H24FN3O2/c28-19-7-8-24-22(15-19)23(16-29-24)17-9-11-30(12-10-17)13-14-31-26(32)20-5-1-3-18-4-2-6-21(25(18)20)27(31)33/h1-8,15-17,29H,9-14H2. The third-order valence-corrected chi connectivity index (χ3v) is 7.20. The van der Waals surface area contributed by atoms with Crippen LogP contribution in [0.4, 0.5) is 4.39 Å². The fourth-order valence-corrected chi connectivity index (χ4v) is 5.44. The van der Waals surface area contributed by atoms with Crippen LogP contribution in [0.2, 0.25) is 0 Å². The zero-order valence-electron chi connectivity index (χ0n) is 18.2. The summed E-state index contributed by atoms with van der Waals surface area (Å²) >= 11 is 0. The van der Waals surface area contributed by atoms with E-state index in [0.717, 1.165) is 47.6 Å². The van der Waals surface area contributed by atoms with Gasteiger partial charge in [0.2, 0.25) is 0 Å². The Balaban J connectivity index is 1.13. The molecule has 2 amide bonds. The summed E-state index contributed by atoms with van der Waals surface area (Å²) in [6.07, 6.45) is 3.94. The van der Waals surface area contributed by atoms with Gasteiger partial charge in [0.05, 0.1) is 0 Å². The summed E-state index contributed by atoms with van der Waals surface area (Å²) in [6.45, 7) is 2.81. The van der Waals surface area contributed by atoms with Crippen LogP contribution in [0, 0.1) is 5.82 Å². The van der Waals surface area contributed by atoms with E-state index in [1.807, 2.05) is 42.6 Å². The Hall–Kier alpha value is -3.51. The van der Waals surface area contributed by atoms with Gasteiger partial charge in [-0.3, -0.25) is 14.5 Å². The molecule has 1 saturated heterocycles. The number of carbonyl (C=O) groups excluding carboxylic acids is 2. The average molecular weight is 442 g/mol. The molecule has 5 nitrogen and oxygen atoms in total. The number of benzene rings is 3. The van der Waals surface area contributed by atoms with Crippen molar-refractivity contribution >= 4 is 33.5 Å². The van der Waals surface area contributed by atoms with Crippen LogP contribution in [0.25, 0.3) is 21.7 Å². The van der Waals surface area contributed by atoms with Gasteiger partial charge in [0, 0.05) is 46.7 Å². The lowest BCUT2D eigenvalue weighted by Gasteiger charge is -2.34. The molecule has 0 radical (unpaired) electrons. The van der Waals surface area contributed by atoms with Crippen LogP contribution in [0.1, 0.15) is 45.0 Å². The van der Waals surface area contributed by atoms with Crippen LogP contribution in [-0.4, -0.2) is 52.8 Å². The normalized spacial score (nSPS) is 17.4. The second kappa shape index (κ2) is 7.81. The molecule has 6 heteroatoms. The quantitative estimate of drug-likeness (QED) is 0.457. The molecular weight excluding hydrogens is 417 g/mol. The van der Waals surface area contributed by atoms with Crippen molar-refractivity contribution in [1.82, 2.24) is 14.8 Å². The lowest BCUT2D eigenvalue weighted by Crippen LogP contribution is -2.45. The number of hydrogen-bond donors (Lipinski definition) is 1. The predicted molar refractivity (Wildman–Crippen MR) is 126 cm³/mol. The number of nitrogens with one attached hydrogen (secondary N) is 1. The minimum absolute atomic E-state index is 0.208. The molecule has 33 heavy (non-hydrogen) atoms. The second-order valence-electron chi connectivity index (χ2n) is 9.02. The van der Waals surface area contributed by atoms with Crippen LogP contribution in [0.5, 0.6) is 0 Å². The van der Waals surface area contributed by atoms with Crippen LogP contribution in [-0.2, 0) is 0 Å². The van der Waals surface area contributed by atoms with Gasteiger partial charge >= 0.3 is 0 Å². The Kier molecular flexibility index (Phi) is 4.76. The molecule has 3 aromatic carbocycles. The number of piperidine rings is 1. The van der Waals surface area contributed by atoms with Crippen molar-refractivity contribution in [3.63, 3.8) is 0 Å². The first-order valence-electron chi connectivity index (χ1n) is 11.5. The van der Waals surface area contributed by atoms with E-state index in [1.165, 1.54) is 16.5 Å². The molecule has 1 aromatic heterocycles. The first kappa shape index (κ1) is 20.1. The van der Waals surface area contributed by atoms with Crippen molar-refractivity contribution in [2.75, 3.05) is 26.2 Å². The maximum absolute atomic E-state index is 13.7. The molecule has 0 saturated carbocycles. The van der Waals surface area contributed by atoms with Crippen molar-refractivity contribution in [1.29, 1.82) is 0 Å². The van der Waals surface area contributed by atoms with Gasteiger partial charge in [-0.05, 0) is 73.1 Å². The summed E-state index contributed by atoms with van der Waals surface area (Å²) in [4.78, 5) is 33.2. The van der Waals surface area contributed by atoms with Crippen molar-refractivity contribution in [3.05, 3.63) is 83.3 Å². The average Bonchev–Trinajstić information content (AvgIpc) is 3.26. The van der Waals surface area contributed by atoms with E-state index in [4.69, 9.17) is 0 Å². The largest absolute Gasteiger partial charge is 0.361 e. The Labute approximate surface area is 190 Å². The summed E-state index contributed by atoms with van der Waals surface area (Å²) in [7, 11) is 0. The lowest BCUT2D eigenvalue weighted by molar-refractivity contribution is 0.0586. The number of aromatic nitrogens is 1. The fraction of sp³-hybridized carbons (Fsp3) is 0.259. The Morgan fingerprint density at radius 2 is 1.61 bits per heavy atom. The zero-order chi connectivity index (χ0) is 22.5. The van der Waals surface area contributed by atoms with Crippen LogP contribution < -0.4 is 0 Å². The van der Waals surface area contributed by atoms with Gasteiger partial charge in [0.15, 0.2) is 0 Å². The highest BCUT2D eigenvalue weighted by Crippen LogP contribution is 2.34. The lowest BCUT2D eigenvalue weighted by atomic mass is 9.89. The minimum atomic E-state index is -0.214. The second-order valence-corrected chi connectivity index (χ2v) is 9.02. The number of nitrogens with zero attached hydrogens (tertiary/aromatic N) is 2. The smallest absolute Gasteiger partial charge is 0.261 e. The first-order chi connectivity index (χ1) is 16.1. The topological polar surface area (TPSA) is 56.4 Å². The third kappa shape index (κ3) is 3.33. The number of rotatable bonds is 4. The maximum Gasteiger partial charge on any atom is 0.261 e. The number of imide groups is 1. The number of hydrogen-bond acceptors (Lipinski definition) is 3. The molecular formula is C27H24FN3O2. The van der Waals surface area contributed by atoms with Gasteiger partial charge < -0.3 is 9.88 Å². The van der Waals surface area contributed by atoms with Gasteiger partial charge in [-0.25, -0.2) is 4.39 Å². The van der Waals surface area contributed by atoms with Gasteiger partial charge in [-0.1, -0.05) is 24.3 Å². The molecule has 6 rings (SSSR count). The van der Waals surface area contributed by atoms with Crippen LogP contribution in [0.15, 0.2) is 60.8 Å². The van der Waals surface area contributed by atoms with Crippen LogP contribution in [0.3, 0.4) is 0 Å². The molecule has 1 fully saturated rings. The monoisotopic (exact) mass is 441 g/mol. The maximum atomic E-state index is 13.7. The molecule has 2 aliphatic rings. The molecule has 0 atom stereocenters. The van der Waals surface area contributed by atoms with Crippen molar-refractivity contribution < 1.29 is 14.0 Å². The number of H-pyrrole nitrogens is 1. The number of halogens is 1. The van der Waals surface area contributed by atoms with E-state index in [0.29, 0.717) is 30.1 Å². The minimum Gasteiger partial charge on any atom is -0.361 e. The van der Waals surface area contributed by atoms with E-state index in [2.05, 4.69) is 9.88 Å². The molecule has 0 aliphatic carbocycles. The first-order valence-corrected chi connectivity index (χ1v) is 11.5. The Bertz CT molecular complexity index is 1350. The summed E-state index contributed by atoms with van der Waals surface area (Å²) in [5.74, 6) is -0.256. The van der Waals surface area contributed by atoms with E-state index >= 15 is 0 Å². The summed E-state index contributed by atoms with van der Waals surface area (Å²) < 4.78 is 13.7. The van der Waals surface area contributed by atoms with E-state index in [9.17, 15) is 14.0 Å². The molecule has 3 heterocycles. The number of likely N-dealkylation sites (tertiary alicyclic amines) is 1. The summed E-state index contributed by atoms with van der Waals surface area (Å²) in [5.41, 5.74) is 3.35. The van der Waals surface area contributed by atoms with E-state index in [1.54, 1.807) is 12.1 Å². The SMILES string of the molecule is O=C1c2cccc3cccc(c23)C(=O)N1CCN1CCC(c2c[nH]c3ccc(F)cc23)CC1. The molecule has 166 valence electrons. The number of carbonyl (C=O) groups is 2. The number of fused-ring (bicyclic) bond motifs is 1. The van der Waals surface area contributed by atoms with E-state index < -0.39 is 0 Å². The van der Waals surface area contributed by atoms with Gasteiger partial charge in [0.1, 0.15) is 5.82 Å². The predicted octanol–water partition coefficient (Wildman–Crippen LogP) is 4.94. The highest BCUT2D eigenvalue weighted by molar-refractivity contribution is 6.25. The zero-order valence-corrected chi connectivity index (χ0v) is 18.2. The number of aromatic amines is 1.